The van der Waals surface area contributed by atoms with Crippen LogP contribution in [-0.2, 0) is 13.0 Å². The van der Waals surface area contributed by atoms with Gasteiger partial charge in [-0.25, -0.2) is 9.37 Å². The molecule has 0 amide bonds. The maximum Gasteiger partial charge on any atom is 0.149 e. The lowest BCUT2D eigenvalue weighted by molar-refractivity contribution is 0.137. The lowest BCUT2D eigenvalue weighted by Crippen LogP contribution is -2.22. The van der Waals surface area contributed by atoms with E-state index in [1.54, 1.807) is 6.07 Å². The number of pyridine rings is 1. The first kappa shape index (κ1) is 16.2. The van der Waals surface area contributed by atoms with Gasteiger partial charge in [-0.15, -0.1) is 0 Å². The zero-order chi connectivity index (χ0) is 17.4. The molecule has 1 saturated heterocycles. The van der Waals surface area contributed by atoms with Gasteiger partial charge in [0, 0.05) is 43.4 Å². The topological polar surface area (TPSA) is 62.4 Å². The first-order valence-electron chi connectivity index (χ1n) is 8.45. The van der Waals surface area contributed by atoms with E-state index < -0.39 is 6.10 Å². The number of aryl methyl sites for hydroxylation is 1. The van der Waals surface area contributed by atoms with Crippen molar-refractivity contribution < 1.29 is 14.0 Å². The minimum atomic E-state index is -0.414. The van der Waals surface area contributed by atoms with Crippen molar-refractivity contribution in [2.45, 2.75) is 26.0 Å². The number of likely N-dealkylation sites (tertiary alicyclic amines) is 1. The van der Waals surface area contributed by atoms with Crippen molar-refractivity contribution in [2.24, 2.45) is 5.92 Å². The van der Waals surface area contributed by atoms with Crippen molar-refractivity contribution in [3.05, 3.63) is 59.4 Å². The van der Waals surface area contributed by atoms with Crippen molar-refractivity contribution >= 4 is 10.9 Å². The zero-order valence-corrected chi connectivity index (χ0v) is 14.0. The molecule has 0 aliphatic carbocycles. The average molecular weight is 341 g/mol. The number of rotatable bonds is 4. The summed E-state index contributed by atoms with van der Waals surface area (Å²) < 4.78 is 19.2. The summed E-state index contributed by atoms with van der Waals surface area (Å²) in [6, 6.07) is 10.7. The van der Waals surface area contributed by atoms with E-state index in [-0.39, 0.29) is 11.7 Å². The molecule has 0 saturated carbocycles. The smallest absolute Gasteiger partial charge is 0.149 e. The summed E-state index contributed by atoms with van der Waals surface area (Å²) in [4.78, 5) is 6.60. The van der Waals surface area contributed by atoms with Gasteiger partial charge < -0.3 is 9.63 Å². The van der Waals surface area contributed by atoms with Crippen molar-refractivity contribution in [1.82, 2.24) is 15.0 Å². The Morgan fingerprint density at radius 1 is 1.28 bits per heavy atom. The minimum absolute atomic E-state index is 0.101. The molecule has 0 unspecified atom stereocenters. The number of aromatic nitrogens is 2. The van der Waals surface area contributed by atoms with Crippen molar-refractivity contribution in [3.63, 3.8) is 0 Å². The predicted molar refractivity (Wildman–Crippen MR) is 91.4 cm³/mol. The molecule has 1 aliphatic rings. The average Bonchev–Trinajstić information content (AvgIpc) is 3.14. The molecule has 0 spiro atoms. The third-order valence-electron chi connectivity index (χ3n) is 4.74. The predicted octanol–water partition coefficient (Wildman–Crippen LogP) is 2.71. The van der Waals surface area contributed by atoms with Gasteiger partial charge in [-0.1, -0.05) is 23.4 Å². The number of fused-ring (bicyclic) bond motifs is 1. The van der Waals surface area contributed by atoms with Crippen LogP contribution in [0.5, 0.6) is 0 Å². The Labute approximate surface area is 145 Å². The molecule has 1 aromatic carbocycles. The number of β-amino-alcohol motifs (C(OH)–C–C–N with tert-alkyl or cyclic N) is 1. The molecule has 2 aromatic heterocycles. The molecule has 0 bridgehead atoms. The van der Waals surface area contributed by atoms with E-state index in [1.807, 2.05) is 31.2 Å². The highest BCUT2D eigenvalue weighted by Gasteiger charge is 2.32. The number of aliphatic hydroxyl groups is 1. The maximum absolute atomic E-state index is 13.9. The van der Waals surface area contributed by atoms with Gasteiger partial charge in [0.25, 0.3) is 0 Å². The summed E-state index contributed by atoms with van der Waals surface area (Å²) in [5, 5.41) is 15.0. The van der Waals surface area contributed by atoms with E-state index in [1.165, 1.54) is 6.07 Å². The maximum atomic E-state index is 13.9. The highest BCUT2D eigenvalue weighted by Crippen LogP contribution is 2.24. The van der Waals surface area contributed by atoms with Crippen LogP contribution in [-0.4, -0.2) is 39.3 Å². The molecule has 25 heavy (non-hydrogen) atoms. The van der Waals surface area contributed by atoms with E-state index >= 15 is 0 Å². The molecule has 6 heteroatoms. The van der Waals surface area contributed by atoms with E-state index in [2.05, 4.69) is 15.0 Å². The highest BCUT2D eigenvalue weighted by molar-refractivity contribution is 5.79. The summed E-state index contributed by atoms with van der Waals surface area (Å²) >= 11 is 0. The third-order valence-corrected chi connectivity index (χ3v) is 4.74. The zero-order valence-electron chi connectivity index (χ0n) is 14.0. The van der Waals surface area contributed by atoms with Gasteiger partial charge in [-0.05, 0) is 19.1 Å². The van der Waals surface area contributed by atoms with Gasteiger partial charge in [-0.3, -0.25) is 4.90 Å². The molecule has 3 heterocycles. The second-order valence-electron chi connectivity index (χ2n) is 6.77. The quantitative estimate of drug-likeness (QED) is 0.790. The number of hydrogen-bond donors (Lipinski definition) is 1. The third kappa shape index (κ3) is 3.41. The molecule has 1 N–H and O–H groups in total. The van der Waals surface area contributed by atoms with Crippen LogP contribution in [0.15, 0.2) is 40.9 Å². The molecule has 4 rings (SSSR count). The standard InChI is InChI=1S/C19H20FN3O2/c1-12-7-16(25-22-12)8-14-9-23(11-18(14)24)10-15-6-5-13-3-2-4-17(20)19(13)21-15/h2-7,14,18,24H,8-11H2,1H3/t14-,18+/m1/s1. The second kappa shape index (κ2) is 6.54. The monoisotopic (exact) mass is 341 g/mol. The second-order valence-corrected chi connectivity index (χ2v) is 6.77. The fourth-order valence-electron chi connectivity index (χ4n) is 3.51. The van der Waals surface area contributed by atoms with Gasteiger partial charge in [-0.2, -0.15) is 0 Å². The SMILES string of the molecule is Cc1cc(C[C@@H]2CN(Cc3ccc4cccc(F)c4n3)C[C@@H]2O)on1. The van der Waals surface area contributed by atoms with E-state index in [9.17, 15) is 9.50 Å². The molecule has 1 fully saturated rings. The molecular formula is C19H20FN3O2. The minimum Gasteiger partial charge on any atom is -0.391 e. The van der Waals surface area contributed by atoms with Gasteiger partial charge in [0.05, 0.1) is 17.5 Å². The molecular weight excluding hydrogens is 321 g/mol. The van der Waals surface area contributed by atoms with E-state index in [0.29, 0.717) is 25.0 Å². The van der Waals surface area contributed by atoms with Crippen molar-refractivity contribution in [3.8, 4) is 0 Å². The molecule has 130 valence electrons. The molecule has 3 aromatic rings. The molecule has 5 nitrogen and oxygen atoms in total. The van der Waals surface area contributed by atoms with E-state index in [4.69, 9.17) is 4.52 Å². The number of halogens is 1. The van der Waals surface area contributed by atoms with Crippen LogP contribution in [0.2, 0.25) is 0 Å². The van der Waals surface area contributed by atoms with Crippen LogP contribution in [0, 0.1) is 18.7 Å². The summed E-state index contributed by atoms with van der Waals surface area (Å²) in [5.41, 5.74) is 2.05. The first-order valence-corrected chi connectivity index (χ1v) is 8.45. The van der Waals surface area contributed by atoms with Gasteiger partial charge >= 0.3 is 0 Å². The summed E-state index contributed by atoms with van der Waals surface area (Å²) in [6.45, 7) is 3.80. The molecule has 1 aliphatic heterocycles. The fraction of sp³-hybridized carbons (Fsp3) is 0.368. The Morgan fingerprint density at radius 2 is 2.16 bits per heavy atom. The van der Waals surface area contributed by atoms with Crippen molar-refractivity contribution in [2.75, 3.05) is 13.1 Å². The van der Waals surface area contributed by atoms with Crippen molar-refractivity contribution in [1.29, 1.82) is 0 Å². The lowest BCUT2D eigenvalue weighted by atomic mass is 10.0. The number of nitrogens with zero attached hydrogens (tertiary/aromatic N) is 3. The lowest BCUT2D eigenvalue weighted by Gasteiger charge is -2.15. The van der Waals surface area contributed by atoms with Gasteiger partial charge in [0.15, 0.2) is 0 Å². The highest BCUT2D eigenvalue weighted by atomic mass is 19.1. The van der Waals surface area contributed by atoms with Crippen LogP contribution in [0.1, 0.15) is 17.1 Å². The Hall–Kier alpha value is -2.31. The largest absolute Gasteiger partial charge is 0.391 e. The summed E-state index contributed by atoms with van der Waals surface area (Å²) in [7, 11) is 0. The van der Waals surface area contributed by atoms with Gasteiger partial charge in [0.1, 0.15) is 17.1 Å². The Kier molecular flexibility index (Phi) is 4.23. The Bertz CT molecular complexity index is 895. The normalized spacial score (nSPS) is 21.2. The first-order chi connectivity index (χ1) is 12.1. The molecule has 2 atom stereocenters. The number of benzene rings is 1. The van der Waals surface area contributed by atoms with Crippen LogP contribution in [0.4, 0.5) is 4.39 Å². The summed E-state index contributed by atoms with van der Waals surface area (Å²) in [5.74, 6) is 0.596. The summed E-state index contributed by atoms with van der Waals surface area (Å²) in [6.07, 6.45) is 0.251. The van der Waals surface area contributed by atoms with Crippen LogP contribution < -0.4 is 0 Å². The van der Waals surface area contributed by atoms with Crippen LogP contribution in [0.25, 0.3) is 10.9 Å². The van der Waals surface area contributed by atoms with Crippen LogP contribution in [0.3, 0.4) is 0 Å². The number of aliphatic hydroxyl groups excluding tert-OH is 1. The Morgan fingerprint density at radius 3 is 2.96 bits per heavy atom. The Balaban J connectivity index is 1.45. The number of para-hydroxylation sites is 1. The fourth-order valence-corrected chi connectivity index (χ4v) is 3.51. The van der Waals surface area contributed by atoms with E-state index in [0.717, 1.165) is 29.1 Å². The number of hydrogen-bond acceptors (Lipinski definition) is 5. The van der Waals surface area contributed by atoms with Gasteiger partial charge in [0.2, 0.25) is 0 Å². The molecule has 0 radical (unpaired) electrons. The van der Waals surface area contributed by atoms with Crippen LogP contribution >= 0.6 is 0 Å².